The molecule has 1 saturated carbocycles. The number of rotatable bonds is 7. The molecule has 0 saturated heterocycles. The highest BCUT2D eigenvalue weighted by Crippen LogP contribution is 2.41. The van der Waals surface area contributed by atoms with Gasteiger partial charge in [0.2, 0.25) is 0 Å². The Bertz CT molecular complexity index is 1190. The first-order valence-electron chi connectivity index (χ1n) is 11.5. The molecule has 7 nitrogen and oxygen atoms in total. The van der Waals surface area contributed by atoms with Gasteiger partial charge in [-0.15, -0.1) is 0 Å². The number of nitriles is 1. The minimum Gasteiger partial charge on any atom is -0.496 e. The summed E-state index contributed by atoms with van der Waals surface area (Å²) in [7, 11) is 4.82. The molecule has 2 aromatic rings. The van der Waals surface area contributed by atoms with Crippen molar-refractivity contribution in [2.75, 3.05) is 34.4 Å². The van der Waals surface area contributed by atoms with Gasteiger partial charge in [-0.05, 0) is 56.4 Å². The van der Waals surface area contributed by atoms with Crippen LogP contribution in [0.2, 0.25) is 0 Å². The minimum atomic E-state index is -0.248. The summed E-state index contributed by atoms with van der Waals surface area (Å²) < 4.78 is 18.8. The Morgan fingerprint density at radius 2 is 1.76 bits per heavy atom. The van der Waals surface area contributed by atoms with E-state index in [1.54, 1.807) is 32.3 Å². The van der Waals surface area contributed by atoms with Crippen molar-refractivity contribution in [1.82, 2.24) is 9.47 Å². The van der Waals surface area contributed by atoms with Crippen LogP contribution in [0.5, 0.6) is 17.2 Å². The van der Waals surface area contributed by atoms with Crippen LogP contribution >= 0.6 is 0 Å². The van der Waals surface area contributed by atoms with Crippen LogP contribution in [-0.2, 0) is 4.79 Å². The summed E-state index contributed by atoms with van der Waals surface area (Å²) in [6.45, 7) is 5.05. The summed E-state index contributed by atoms with van der Waals surface area (Å²) in [5, 5.41) is 9.76. The van der Waals surface area contributed by atoms with E-state index in [9.17, 15) is 10.1 Å². The van der Waals surface area contributed by atoms with Gasteiger partial charge in [0.05, 0.1) is 26.9 Å². The maximum absolute atomic E-state index is 13.2. The zero-order valence-corrected chi connectivity index (χ0v) is 20.5. The van der Waals surface area contributed by atoms with Gasteiger partial charge in [0.25, 0.3) is 5.91 Å². The van der Waals surface area contributed by atoms with Gasteiger partial charge in [-0.1, -0.05) is 6.08 Å². The van der Waals surface area contributed by atoms with E-state index in [4.69, 9.17) is 14.2 Å². The Morgan fingerprint density at radius 3 is 2.26 bits per heavy atom. The Hall–Kier alpha value is -3.66. The molecule has 1 aromatic carbocycles. The molecular weight excluding hydrogens is 430 g/mol. The number of carbonyl (C=O) groups excluding carboxylic acids is 1. The highest BCUT2D eigenvalue weighted by molar-refractivity contribution is 6.02. The zero-order chi connectivity index (χ0) is 24.4. The molecule has 0 N–H and O–H groups in total. The highest BCUT2D eigenvalue weighted by Gasteiger charge is 2.28. The molecule has 0 bridgehead atoms. The molecule has 2 aliphatic rings. The van der Waals surface area contributed by atoms with E-state index >= 15 is 0 Å². The molecule has 4 rings (SSSR count). The second-order valence-corrected chi connectivity index (χ2v) is 8.73. The maximum atomic E-state index is 13.2. The third-order valence-electron chi connectivity index (χ3n) is 6.62. The van der Waals surface area contributed by atoms with Crippen LogP contribution in [0.1, 0.15) is 47.8 Å². The van der Waals surface area contributed by atoms with Crippen molar-refractivity contribution in [3.05, 3.63) is 52.4 Å². The molecule has 34 heavy (non-hydrogen) atoms. The van der Waals surface area contributed by atoms with Crippen LogP contribution in [0.4, 0.5) is 0 Å². The van der Waals surface area contributed by atoms with Crippen LogP contribution in [0.3, 0.4) is 0 Å². The number of nitrogens with zero attached hydrogens (tertiary/aromatic N) is 3. The highest BCUT2D eigenvalue weighted by atomic mass is 16.5. The van der Waals surface area contributed by atoms with Gasteiger partial charge in [0.1, 0.15) is 28.9 Å². The van der Waals surface area contributed by atoms with Crippen molar-refractivity contribution >= 4 is 17.6 Å². The number of ether oxygens (including phenoxy) is 3. The van der Waals surface area contributed by atoms with Crippen molar-refractivity contribution in [3.8, 4) is 23.3 Å². The van der Waals surface area contributed by atoms with Crippen LogP contribution in [0, 0.1) is 25.2 Å². The second kappa shape index (κ2) is 9.68. The quantitative estimate of drug-likeness (QED) is 0.442. The summed E-state index contributed by atoms with van der Waals surface area (Å²) in [4.78, 5) is 14.9. The van der Waals surface area contributed by atoms with Crippen molar-refractivity contribution in [3.63, 3.8) is 0 Å². The fourth-order valence-electron chi connectivity index (χ4n) is 4.71. The number of carbonyl (C=O) groups is 1. The summed E-state index contributed by atoms with van der Waals surface area (Å²) in [5.41, 5.74) is 5.28. The van der Waals surface area contributed by atoms with E-state index in [1.807, 2.05) is 18.2 Å². The lowest BCUT2D eigenvalue weighted by molar-refractivity contribution is -0.126. The third-order valence-corrected chi connectivity index (χ3v) is 6.62. The Balaban J connectivity index is 1.56. The summed E-state index contributed by atoms with van der Waals surface area (Å²) in [6.07, 6.45) is 6.74. The lowest BCUT2D eigenvalue weighted by Crippen LogP contribution is -2.35. The van der Waals surface area contributed by atoms with Gasteiger partial charge in [-0.2, -0.15) is 5.26 Å². The Morgan fingerprint density at radius 1 is 1.09 bits per heavy atom. The largest absolute Gasteiger partial charge is 0.496 e. The number of aryl methyl sites for hydroxylation is 1. The molecule has 1 amide bonds. The van der Waals surface area contributed by atoms with E-state index < -0.39 is 0 Å². The van der Waals surface area contributed by atoms with E-state index in [-0.39, 0.29) is 11.5 Å². The van der Waals surface area contributed by atoms with Crippen molar-refractivity contribution < 1.29 is 19.0 Å². The van der Waals surface area contributed by atoms with Gasteiger partial charge in [0, 0.05) is 42.7 Å². The van der Waals surface area contributed by atoms with Gasteiger partial charge in [-0.3, -0.25) is 4.79 Å². The monoisotopic (exact) mass is 461 g/mol. The standard InChI is InChI=1S/C27H31N3O4/c1-17-12-20(18(2)30(17)22-6-7-22)13-21(16-28)27(31)29-10-8-19(9-11-29)26-24(33-4)14-23(32-3)15-25(26)34-5/h8,12-15,22H,6-7,9-11H2,1-5H3/b21-13+. The first kappa shape index (κ1) is 23.5. The lowest BCUT2D eigenvalue weighted by atomic mass is 9.96. The molecule has 1 fully saturated rings. The Labute approximate surface area is 200 Å². The molecule has 0 unspecified atom stereocenters. The average Bonchev–Trinajstić information content (AvgIpc) is 3.65. The molecule has 7 heteroatoms. The third kappa shape index (κ3) is 4.41. The molecule has 2 heterocycles. The molecule has 0 atom stereocenters. The van der Waals surface area contributed by atoms with Crippen molar-refractivity contribution in [2.45, 2.75) is 39.2 Å². The second-order valence-electron chi connectivity index (χ2n) is 8.73. The number of amides is 1. The molecule has 0 spiro atoms. The van der Waals surface area contributed by atoms with Crippen LogP contribution in [-0.4, -0.2) is 49.8 Å². The zero-order valence-electron chi connectivity index (χ0n) is 20.5. The number of benzene rings is 1. The minimum absolute atomic E-state index is 0.160. The molecular formula is C27H31N3O4. The smallest absolute Gasteiger partial charge is 0.264 e. The van der Waals surface area contributed by atoms with E-state index in [0.29, 0.717) is 42.8 Å². The fourth-order valence-corrected chi connectivity index (χ4v) is 4.71. The molecule has 1 aromatic heterocycles. The Kier molecular flexibility index (Phi) is 6.69. The average molecular weight is 462 g/mol. The van der Waals surface area contributed by atoms with Gasteiger partial charge in [0.15, 0.2) is 0 Å². The predicted octanol–water partition coefficient (Wildman–Crippen LogP) is 4.69. The van der Waals surface area contributed by atoms with Crippen molar-refractivity contribution in [1.29, 1.82) is 5.26 Å². The first-order valence-corrected chi connectivity index (χ1v) is 11.5. The summed E-state index contributed by atoms with van der Waals surface area (Å²) in [5.74, 6) is 1.72. The van der Waals surface area contributed by atoms with Crippen LogP contribution < -0.4 is 14.2 Å². The van der Waals surface area contributed by atoms with Crippen LogP contribution in [0.15, 0.2) is 29.8 Å². The van der Waals surface area contributed by atoms with Gasteiger partial charge in [-0.25, -0.2) is 0 Å². The molecule has 0 radical (unpaired) electrons. The number of aromatic nitrogens is 1. The topological polar surface area (TPSA) is 76.7 Å². The SMILES string of the molecule is COc1cc(OC)c(C2=CCN(C(=O)/C(C#N)=C/c3cc(C)n(C4CC4)c3C)CC2)c(OC)c1. The van der Waals surface area contributed by atoms with Crippen molar-refractivity contribution in [2.24, 2.45) is 0 Å². The summed E-state index contributed by atoms with van der Waals surface area (Å²) >= 11 is 0. The fraction of sp³-hybridized carbons (Fsp3) is 0.407. The van der Waals surface area contributed by atoms with E-state index in [1.165, 1.54) is 18.5 Å². The number of methoxy groups -OCH3 is 3. The molecule has 1 aliphatic heterocycles. The lowest BCUT2D eigenvalue weighted by Gasteiger charge is -2.27. The normalized spacial score (nSPS) is 16.1. The number of hydrogen-bond acceptors (Lipinski definition) is 5. The van der Waals surface area contributed by atoms with E-state index in [2.05, 4.69) is 30.6 Å². The van der Waals surface area contributed by atoms with Gasteiger partial charge >= 0.3 is 0 Å². The first-order chi connectivity index (χ1) is 16.4. The number of hydrogen-bond donors (Lipinski definition) is 0. The van der Waals surface area contributed by atoms with Crippen LogP contribution in [0.25, 0.3) is 11.6 Å². The summed E-state index contributed by atoms with van der Waals surface area (Å²) in [6, 6.07) is 8.40. The molecule has 1 aliphatic carbocycles. The van der Waals surface area contributed by atoms with E-state index in [0.717, 1.165) is 22.4 Å². The predicted molar refractivity (Wildman–Crippen MR) is 131 cm³/mol. The van der Waals surface area contributed by atoms with Gasteiger partial charge < -0.3 is 23.7 Å². The molecule has 178 valence electrons. The maximum Gasteiger partial charge on any atom is 0.264 e.